The van der Waals surface area contributed by atoms with Crippen LogP contribution in [0.3, 0.4) is 0 Å². The van der Waals surface area contributed by atoms with E-state index >= 15 is 0 Å². The molecule has 0 aliphatic heterocycles. The highest BCUT2D eigenvalue weighted by Crippen LogP contribution is 2.01. The zero-order valence-corrected chi connectivity index (χ0v) is 9.58. The molecule has 0 fully saturated rings. The van der Waals surface area contributed by atoms with Gasteiger partial charge in [0, 0.05) is 12.6 Å². The van der Waals surface area contributed by atoms with Gasteiger partial charge in [0.05, 0.1) is 0 Å². The van der Waals surface area contributed by atoms with Gasteiger partial charge in [0.1, 0.15) is 0 Å². The predicted octanol–water partition coefficient (Wildman–Crippen LogP) is 1.95. The van der Waals surface area contributed by atoms with Crippen LogP contribution in [0.4, 0.5) is 0 Å². The minimum absolute atomic E-state index is 0.226. The Morgan fingerprint density at radius 1 is 1.27 bits per heavy atom. The number of benzene rings is 1. The Morgan fingerprint density at radius 2 is 2.00 bits per heavy atom. The van der Waals surface area contributed by atoms with E-state index in [2.05, 4.69) is 36.5 Å². The van der Waals surface area contributed by atoms with Crippen LogP contribution < -0.4 is 11.1 Å². The Kier molecular flexibility index (Phi) is 6.05. The van der Waals surface area contributed by atoms with Crippen LogP contribution in [0.15, 0.2) is 30.3 Å². The summed E-state index contributed by atoms with van der Waals surface area (Å²) in [6, 6.07) is 10.6. The minimum Gasteiger partial charge on any atom is -0.326 e. The first kappa shape index (κ1) is 12.2. The van der Waals surface area contributed by atoms with Gasteiger partial charge >= 0.3 is 0 Å². The van der Waals surface area contributed by atoms with Gasteiger partial charge in [-0.15, -0.1) is 0 Å². The highest BCUT2D eigenvalue weighted by molar-refractivity contribution is 5.15. The average molecular weight is 206 g/mol. The van der Waals surface area contributed by atoms with E-state index in [1.165, 1.54) is 18.4 Å². The van der Waals surface area contributed by atoms with Crippen molar-refractivity contribution in [2.45, 2.75) is 32.2 Å². The molecule has 15 heavy (non-hydrogen) atoms. The van der Waals surface area contributed by atoms with Gasteiger partial charge < -0.3 is 11.1 Å². The van der Waals surface area contributed by atoms with Gasteiger partial charge in [-0.1, -0.05) is 43.7 Å². The van der Waals surface area contributed by atoms with Crippen molar-refractivity contribution in [1.82, 2.24) is 5.32 Å². The summed E-state index contributed by atoms with van der Waals surface area (Å²) in [6.07, 6.45) is 3.43. The van der Waals surface area contributed by atoms with Crippen molar-refractivity contribution in [3.63, 3.8) is 0 Å². The molecule has 0 saturated heterocycles. The van der Waals surface area contributed by atoms with Crippen LogP contribution in [0.5, 0.6) is 0 Å². The van der Waals surface area contributed by atoms with Crippen LogP contribution in [-0.2, 0) is 6.42 Å². The molecule has 0 spiro atoms. The largest absolute Gasteiger partial charge is 0.326 e. The Hall–Kier alpha value is -0.860. The number of nitrogens with one attached hydrogen (secondary N) is 1. The second kappa shape index (κ2) is 7.43. The fourth-order valence-electron chi connectivity index (χ4n) is 1.58. The third-order valence-electron chi connectivity index (χ3n) is 2.45. The summed E-state index contributed by atoms with van der Waals surface area (Å²) in [5.74, 6) is 0. The van der Waals surface area contributed by atoms with E-state index in [-0.39, 0.29) is 6.04 Å². The van der Waals surface area contributed by atoms with Gasteiger partial charge in [-0.25, -0.2) is 0 Å². The quantitative estimate of drug-likeness (QED) is 0.669. The van der Waals surface area contributed by atoms with Gasteiger partial charge in [-0.2, -0.15) is 0 Å². The van der Waals surface area contributed by atoms with E-state index in [1.807, 2.05) is 6.07 Å². The lowest BCUT2D eigenvalue weighted by Crippen LogP contribution is -2.35. The molecule has 0 aliphatic rings. The summed E-state index contributed by atoms with van der Waals surface area (Å²) >= 11 is 0. The van der Waals surface area contributed by atoms with Crippen LogP contribution in [0.25, 0.3) is 0 Å². The summed E-state index contributed by atoms with van der Waals surface area (Å²) in [7, 11) is 0. The Morgan fingerprint density at radius 3 is 2.67 bits per heavy atom. The molecule has 84 valence electrons. The number of hydrogen-bond acceptors (Lipinski definition) is 2. The third kappa shape index (κ3) is 5.55. The minimum atomic E-state index is 0.226. The molecule has 0 radical (unpaired) electrons. The molecule has 1 rings (SSSR count). The summed E-state index contributed by atoms with van der Waals surface area (Å²) < 4.78 is 0. The summed E-state index contributed by atoms with van der Waals surface area (Å²) in [4.78, 5) is 0. The van der Waals surface area contributed by atoms with Gasteiger partial charge in [0.2, 0.25) is 0 Å². The van der Waals surface area contributed by atoms with Crippen molar-refractivity contribution in [2.75, 3.05) is 13.1 Å². The third-order valence-corrected chi connectivity index (χ3v) is 2.45. The first-order valence-electron chi connectivity index (χ1n) is 5.83. The highest BCUT2D eigenvalue weighted by atomic mass is 14.9. The number of unbranched alkanes of at least 4 members (excludes halogenated alkanes) is 1. The topological polar surface area (TPSA) is 38.0 Å². The van der Waals surface area contributed by atoms with Crippen molar-refractivity contribution >= 4 is 0 Å². The van der Waals surface area contributed by atoms with Gasteiger partial charge in [-0.3, -0.25) is 0 Å². The van der Waals surface area contributed by atoms with Crippen LogP contribution >= 0.6 is 0 Å². The zero-order chi connectivity index (χ0) is 10.9. The highest BCUT2D eigenvalue weighted by Gasteiger charge is 2.02. The maximum atomic E-state index is 6.03. The molecule has 2 nitrogen and oxygen atoms in total. The predicted molar refractivity (Wildman–Crippen MR) is 65.9 cm³/mol. The summed E-state index contributed by atoms with van der Waals surface area (Å²) in [5, 5.41) is 3.38. The van der Waals surface area contributed by atoms with Gasteiger partial charge in [0.15, 0.2) is 0 Å². The van der Waals surface area contributed by atoms with Crippen molar-refractivity contribution in [3.05, 3.63) is 35.9 Å². The molecule has 0 saturated carbocycles. The van der Waals surface area contributed by atoms with Crippen LogP contribution in [-0.4, -0.2) is 19.1 Å². The maximum absolute atomic E-state index is 6.03. The standard InChI is InChI=1S/C13H22N2/c1-2-3-9-15-11-13(14)10-12-7-5-4-6-8-12/h4-8,13,15H,2-3,9-11,14H2,1H3/t13-/m0/s1. The fraction of sp³-hybridized carbons (Fsp3) is 0.538. The maximum Gasteiger partial charge on any atom is 0.0206 e. The Labute approximate surface area is 92.9 Å². The molecule has 1 aromatic rings. The van der Waals surface area contributed by atoms with Crippen LogP contribution in [0, 0.1) is 0 Å². The lowest BCUT2D eigenvalue weighted by Gasteiger charge is -2.12. The lowest BCUT2D eigenvalue weighted by atomic mass is 10.1. The monoisotopic (exact) mass is 206 g/mol. The van der Waals surface area contributed by atoms with Crippen molar-refractivity contribution in [1.29, 1.82) is 0 Å². The molecule has 3 N–H and O–H groups in total. The molecule has 0 unspecified atom stereocenters. The average Bonchev–Trinajstić information content (AvgIpc) is 2.26. The molecule has 0 aliphatic carbocycles. The molecule has 0 amide bonds. The number of rotatable bonds is 7. The van der Waals surface area contributed by atoms with E-state index in [0.29, 0.717) is 0 Å². The van der Waals surface area contributed by atoms with Gasteiger partial charge in [0.25, 0.3) is 0 Å². The van der Waals surface area contributed by atoms with Crippen molar-refractivity contribution < 1.29 is 0 Å². The number of nitrogens with two attached hydrogens (primary N) is 1. The molecule has 0 heterocycles. The fourth-order valence-corrected chi connectivity index (χ4v) is 1.58. The van der Waals surface area contributed by atoms with Crippen molar-refractivity contribution in [2.24, 2.45) is 5.73 Å². The molecular formula is C13H22N2. The van der Waals surface area contributed by atoms with E-state index in [1.54, 1.807) is 0 Å². The summed E-state index contributed by atoms with van der Waals surface area (Å²) in [5.41, 5.74) is 7.35. The van der Waals surface area contributed by atoms with Crippen molar-refractivity contribution in [3.8, 4) is 0 Å². The van der Waals surface area contributed by atoms with E-state index in [9.17, 15) is 0 Å². The molecule has 2 heteroatoms. The van der Waals surface area contributed by atoms with E-state index in [4.69, 9.17) is 5.73 Å². The molecule has 0 bridgehead atoms. The summed E-state index contributed by atoms with van der Waals surface area (Å²) in [6.45, 7) is 4.19. The molecule has 1 atom stereocenters. The van der Waals surface area contributed by atoms with E-state index < -0.39 is 0 Å². The second-order valence-corrected chi connectivity index (χ2v) is 4.01. The molecular weight excluding hydrogens is 184 g/mol. The Bertz CT molecular complexity index is 246. The smallest absolute Gasteiger partial charge is 0.0206 e. The first-order valence-corrected chi connectivity index (χ1v) is 5.83. The number of hydrogen-bond donors (Lipinski definition) is 2. The molecule has 0 aromatic heterocycles. The lowest BCUT2D eigenvalue weighted by molar-refractivity contribution is 0.559. The van der Waals surface area contributed by atoms with Crippen LogP contribution in [0.1, 0.15) is 25.3 Å². The van der Waals surface area contributed by atoms with Gasteiger partial charge in [-0.05, 0) is 24.9 Å². The molecule has 1 aromatic carbocycles. The van der Waals surface area contributed by atoms with Crippen LogP contribution in [0.2, 0.25) is 0 Å². The Balaban J connectivity index is 2.16. The SMILES string of the molecule is CCCCNC[C@@H](N)Cc1ccccc1. The second-order valence-electron chi connectivity index (χ2n) is 4.01. The normalized spacial score (nSPS) is 12.7. The zero-order valence-electron chi connectivity index (χ0n) is 9.58. The first-order chi connectivity index (χ1) is 7.33. The van der Waals surface area contributed by atoms with E-state index in [0.717, 1.165) is 19.5 Å².